The molecule has 1 atom stereocenters. The van der Waals surface area contributed by atoms with Crippen LogP contribution in [-0.2, 0) is 12.8 Å². The Labute approximate surface area is 104 Å². The Morgan fingerprint density at radius 3 is 2.47 bits per heavy atom. The van der Waals surface area contributed by atoms with Crippen molar-refractivity contribution in [2.75, 3.05) is 20.1 Å². The summed E-state index contributed by atoms with van der Waals surface area (Å²) in [4.78, 5) is 2.23. The van der Waals surface area contributed by atoms with E-state index in [4.69, 9.17) is 0 Å². The molecular formula is C15H23NO. The van der Waals surface area contributed by atoms with Crippen LogP contribution in [0.25, 0.3) is 0 Å². The topological polar surface area (TPSA) is 23.5 Å². The fourth-order valence-electron chi connectivity index (χ4n) is 2.76. The molecule has 1 aliphatic rings. The van der Waals surface area contributed by atoms with E-state index in [1.807, 2.05) is 0 Å². The standard InChI is InChI=1S/C15H23NO/c1-3-13-5-7-14(8-6-13)11-15(17)9-4-10-16(2)12-15/h5-8,17H,3-4,9-12H2,1-2H3. The minimum absolute atomic E-state index is 0.527. The van der Waals surface area contributed by atoms with Crippen molar-refractivity contribution in [3.8, 4) is 0 Å². The van der Waals surface area contributed by atoms with E-state index in [2.05, 4.69) is 43.1 Å². The molecule has 1 aliphatic heterocycles. The van der Waals surface area contributed by atoms with Crippen molar-refractivity contribution in [3.05, 3.63) is 35.4 Å². The van der Waals surface area contributed by atoms with Crippen molar-refractivity contribution in [1.29, 1.82) is 0 Å². The first-order valence-electron chi connectivity index (χ1n) is 6.60. The maximum atomic E-state index is 10.6. The number of nitrogens with zero attached hydrogens (tertiary/aromatic N) is 1. The lowest BCUT2D eigenvalue weighted by molar-refractivity contribution is -0.0223. The van der Waals surface area contributed by atoms with Gasteiger partial charge >= 0.3 is 0 Å². The van der Waals surface area contributed by atoms with E-state index in [1.165, 1.54) is 11.1 Å². The predicted octanol–water partition coefficient (Wildman–Crippen LogP) is 2.25. The number of β-amino-alcohol motifs (C(OH)–C–C–N with tert-alkyl or cyclic N) is 1. The van der Waals surface area contributed by atoms with Gasteiger partial charge in [-0.2, -0.15) is 0 Å². The Kier molecular flexibility index (Phi) is 3.85. The van der Waals surface area contributed by atoms with Gasteiger partial charge in [-0.15, -0.1) is 0 Å². The van der Waals surface area contributed by atoms with Crippen LogP contribution in [0, 0.1) is 0 Å². The van der Waals surface area contributed by atoms with Crippen LogP contribution in [0.15, 0.2) is 24.3 Å². The highest BCUT2D eigenvalue weighted by Crippen LogP contribution is 2.24. The number of benzene rings is 1. The first kappa shape index (κ1) is 12.6. The van der Waals surface area contributed by atoms with E-state index in [9.17, 15) is 5.11 Å². The molecule has 0 spiro atoms. The molecule has 17 heavy (non-hydrogen) atoms. The molecule has 1 fully saturated rings. The molecule has 1 saturated heterocycles. The van der Waals surface area contributed by atoms with Crippen LogP contribution in [0.2, 0.25) is 0 Å². The van der Waals surface area contributed by atoms with Crippen LogP contribution in [0.3, 0.4) is 0 Å². The van der Waals surface area contributed by atoms with Gasteiger partial charge in [-0.05, 0) is 44.0 Å². The van der Waals surface area contributed by atoms with E-state index in [0.29, 0.717) is 0 Å². The van der Waals surface area contributed by atoms with Gasteiger partial charge in [0.25, 0.3) is 0 Å². The monoisotopic (exact) mass is 233 g/mol. The van der Waals surface area contributed by atoms with Gasteiger partial charge in [0, 0.05) is 13.0 Å². The first-order valence-corrected chi connectivity index (χ1v) is 6.60. The van der Waals surface area contributed by atoms with E-state index >= 15 is 0 Å². The summed E-state index contributed by atoms with van der Waals surface area (Å²) in [5.74, 6) is 0. The van der Waals surface area contributed by atoms with E-state index < -0.39 is 5.60 Å². The third-order valence-electron chi connectivity index (χ3n) is 3.71. The minimum atomic E-state index is -0.527. The number of hydrogen-bond acceptors (Lipinski definition) is 2. The van der Waals surface area contributed by atoms with Crippen molar-refractivity contribution in [1.82, 2.24) is 4.90 Å². The van der Waals surface area contributed by atoms with Gasteiger partial charge < -0.3 is 10.0 Å². The molecule has 0 radical (unpaired) electrons. The molecule has 1 N–H and O–H groups in total. The second kappa shape index (κ2) is 5.19. The summed E-state index contributed by atoms with van der Waals surface area (Å²) in [6.45, 7) is 4.07. The van der Waals surface area contributed by atoms with Crippen molar-refractivity contribution in [3.63, 3.8) is 0 Å². The van der Waals surface area contributed by atoms with Gasteiger partial charge in [-0.1, -0.05) is 31.2 Å². The van der Waals surface area contributed by atoms with Crippen LogP contribution in [0.5, 0.6) is 0 Å². The Balaban J connectivity index is 2.03. The number of aryl methyl sites for hydroxylation is 1. The van der Waals surface area contributed by atoms with Gasteiger partial charge in [0.05, 0.1) is 5.60 Å². The molecule has 2 rings (SSSR count). The highest BCUT2D eigenvalue weighted by molar-refractivity contribution is 5.24. The molecule has 2 heteroatoms. The highest BCUT2D eigenvalue weighted by Gasteiger charge is 2.31. The zero-order valence-electron chi connectivity index (χ0n) is 10.9. The average Bonchev–Trinajstić information content (AvgIpc) is 2.29. The van der Waals surface area contributed by atoms with Gasteiger partial charge in [-0.3, -0.25) is 0 Å². The number of likely N-dealkylation sites (tertiary alicyclic amines) is 1. The number of piperidine rings is 1. The molecule has 0 saturated carbocycles. The minimum Gasteiger partial charge on any atom is -0.388 e. The van der Waals surface area contributed by atoms with Crippen LogP contribution < -0.4 is 0 Å². The Bertz CT molecular complexity index is 360. The molecule has 0 bridgehead atoms. The lowest BCUT2D eigenvalue weighted by Gasteiger charge is -2.37. The third kappa shape index (κ3) is 3.30. The van der Waals surface area contributed by atoms with E-state index in [0.717, 1.165) is 38.8 Å². The summed E-state index contributed by atoms with van der Waals surface area (Å²) in [7, 11) is 2.09. The first-order chi connectivity index (χ1) is 8.11. The molecule has 2 nitrogen and oxygen atoms in total. The van der Waals surface area contributed by atoms with Crippen molar-refractivity contribution in [2.45, 2.75) is 38.2 Å². The summed E-state index contributed by atoms with van der Waals surface area (Å²) in [6, 6.07) is 8.66. The average molecular weight is 233 g/mol. The van der Waals surface area contributed by atoms with Crippen molar-refractivity contribution in [2.24, 2.45) is 0 Å². The number of rotatable bonds is 3. The number of likely N-dealkylation sites (N-methyl/N-ethyl adjacent to an activating group) is 1. The van der Waals surface area contributed by atoms with Crippen LogP contribution >= 0.6 is 0 Å². The van der Waals surface area contributed by atoms with Crippen LogP contribution in [-0.4, -0.2) is 35.7 Å². The summed E-state index contributed by atoms with van der Waals surface area (Å²) in [6.07, 6.45) is 3.88. The quantitative estimate of drug-likeness (QED) is 0.865. The zero-order chi connectivity index (χ0) is 12.3. The van der Waals surface area contributed by atoms with Gasteiger partial charge in [0.2, 0.25) is 0 Å². The normalized spacial score (nSPS) is 26.1. The largest absolute Gasteiger partial charge is 0.388 e. The van der Waals surface area contributed by atoms with Crippen LogP contribution in [0.1, 0.15) is 30.9 Å². The maximum absolute atomic E-state index is 10.6. The summed E-state index contributed by atoms with van der Waals surface area (Å²) >= 11 is 0. The zero-order valence-corrected chi connectivity index (χ0v) is 10.9. The second-order valence-corrected chi connectivity index (χ2v) is 5.41. The van der Waals surface area contributed by atoms with Crippen molar-refractivity contribution < 1.29 is 5.11 Å². The van der Waals surface area contributed by atoms with Gasteiger partial charge in [-0.25, -0.2) is 0 Å². The summed E-state index contributed by atoms with van der Waals surface area (Å²) in [5, 5.41) is 10.6. The lowest BCUT2D eigenvalue weighted by atomic mass is 9.86. The molecule has 0 aliphatic carbocycles. The number of hydrogen-bond donors (Lipinski definition) is 1. The molecule has 1 aromatic carbocycles. The van der Waals surface area contributed by atoms with Gasteiger partial charge in [0.15, 0.2) is 0 Å². The molecule has 94 valence electrons. The molecular weight excluding hydrogens is 210 g/mol. The van der Waals surface area contributed by atoms with E-state index in [1.54, 1.807) is 0 Å². The number of aliphatic hydroxyl groups is 1. The van der Waals surface area contributed by atoms with Crippen LogP contribution in [0.4, 0.5) is 0 Å². The van der Waals surface area contributed by atoms with E-state index in [-0.39, 0.29) is 0 Å². The SMILES string of the molecule is CCc1ccc(CC2(O)CCCN(C)C2)cc1. The highest BCUT2D eigenvalue weighted by atomic mass is 16.3. The maximum Gasteiger partial charge on any atom is 0.0814 e. The third-order valence-corrected chi connectivity index (χ3v) is 3.71. The summed E-state index contributed by atoms with van der Waals surface area (Å²) in [5.41, 5.74) is 2.09. The smallest absolute Gasteiger partial charge is 0.0814 e. The second-order valence-electron chi connectivity index (χ2n) is 5.41. The molecule has 1 heterocycles. The lowest BCUT2D eigenvalue weighted by Crippen LogP contribution is -2.47. The van der Waals surface area contributed by atoms with Gasteiger partial charge in [0.1, 0.15) is 0 Å². The molecule has 1 aromatic rings. The Morgan fingerprint density at radius 1 is 1.24 bits per heavy atom. The molecule has 0 aromatic heterocycles. The fourth-order valence-corrected chi connectivity index (χ4v) is 2.76. The predicted molar refractivity (Wildman–Crippen MR) is 71.2 cm³/mol. The fraction of sp³-hybridized carbons (Fsp3) is 0.600. The molecule has 1 unspecified atom stereocenters. The molecule has 0 amide bonds. The van der Waals surface area contributed by atoms with Crippen molar-refractivity contribution >= 4 is 0 Å². The Hall–Kier alpha value is -0.860. The summed E-state index contributed by atoms with van der Waals surface area (Å²) < 4.78 is 0. The Morgan fingerprint density at radius 2 is 1.88 bits per heavy atom.